The van der Waals surface area contributed by atoms with Crippen LogP contribution in [-0.2, 0) is 14.3 Å². The van der Waals surface area contributed by atoms with Gasteiger partial charge in [0, 0.05) is 50.0 Å². The Morgan fingerprint density at radius 3 is 2.21 bits per heavy atom. The Labute approximate surface area is 198 Å². The molecule has 4 N–H and O–H groups in total. The van der Waals surface area contributed by atoms with Gasteiger partial charge in [-0.1, -0.05) is 30.3 Å². The molecule has 1 aromatic carbocycles. The summed E-state index contributed by atoms with van der Waals surface area (Å²) in [6.45, 7) is 7.83. The first-order chi connectivity index (χ1) is 16.0. The van der Waals surface area contributed by atoms with Crippen LogP contribution in [0.3, 0.4) is 0 Å². The molecule has 0 saturated carbocycles. The number of thioether (sulfide) groups is 1. The van der Waals surface area contributed by atoms with Gasteiger partial charge in [-0.15, -0.1) is 11.8 Å². The van der Waals surface area contributed by atoms with Crippen LogP contribution in [0.1, 0.15) is 19.4 Å². The van der Waals surface area contributed by atoms with Gasteiger partial charge in [-0.05, 0) is 13.8 Å². The summed E-state index contributed by atoms with van der Waals surface area (Å²) in [5, 5.41) is 12.3. The number of nitrogens with zero attached hydrogens (tertiary/aromatic N) is 2. The molecule has 2 amide bonds. The van der Waals surface area contributed by atoms with Crippen LogP contribution in [0, 0.1) is 6.92 Å². The van der Waals surface area contributed by atoms with Crippen molar-refractivity contribution in [1.82, 2.24) is 20.6 Å². The van der Waals surface area contributed by atoms with Crippen molar-refractivity contribution in [3.05, 3.63) is 46.6 Å². The number of hydrogen-bond donors (Lipinski definition) is 4. The van der Waals surface area contributed by atoms with Gasteiger partial charge in [0.05, 0.1) is 6.61 Å². The molecule has 1 aliphatic heterocycles. The molecule has 1 aromatic heterocycles. The smallest absolute Gasteiger partial charge is 0.261 e. The van der Waals surface area contributed by atoms with Crippen molar-refractivity contribution in [2.75, 3.05) is 49.2 Å². The van der Waals surface area contributed by atoms with Gasteiger partial charge in [-0.2, -0.15) is 0 Å². The Hall–Kier alpha value is -3.27. The second-order valence-corrected chi connectivity index (χ2v) is 8.52. The van der Waals surface area contributed by atoms with Gasteiger partial charge >= 0.3 is 0 Å². The minimum absolute atomic E-state index is 0.0743. The van der Waals surface area contributed by atoms with Crippen molar-refractivity contribution >= 4 is 35.2 Å². The zero-order valence-electron chi connectivity index (χ0n) is 19.2. The van der Waals surface area contributed by atoms with Crippen molar-refractivity contribution in [3.8, 4) is 11.4 Å². The first-order valence-electron chi connectivity index (χ1n) is 10.9. The standard InChI is InChI=1S/C23H30N6O3S/c1-15-20(25-10-9-24-17(3)30)28-22(18-7-5-4-6-8-18)29-21(15)26-11-12-27-23(31)19-16(2)32-13-14-33-19/h4-8H,9-14H2,1-3H3,(H,24,30)(H,27,31)(H2,25,26,28,29). The number of carbonyl (C=O) groups excluding carboxylic acids is 2. The molecule has 2 heterocycles. The van der Waals surface area contributed by atoms with Gasteiger partial charge in [0.1, 0.15) is 22.3 Å². The maximum atomic E-state index is 12.4. The average Bonchev–Trinajstić information content (AvgIpc) is 2.81. The number of aromatic nitrogens is 2. The zero-order valence-corrected chi connectivity index (χ0v) is 20.0. The lowest BCUT2D eigenvalue weighted by Gasteiger charge is -2.18. The predicted molar refractivity (Wildman–Crippen MR) is 132 cm³/mol. The molecule has 3 rings (SSSR count). The number of hydrogen-bond acceptors (Lipinski definition) is 8. The van der Waals surface area contributed by atoms with Crippen LogP contribution >= 0.6 is 11.8 Å². The Kier molecular flexibility index (Phi) is 8.94. The zero-order chi connectivity index (χ0) is 23.6. The van der Waals surface area contributed by atoms with E-state index < -0.39 is 0 Å². The number of allylic oxidation sites excluding steroid dienone is 1. The third kappa shape index (κ3) is 7.11. The van der Waals surface area contributed by atoms with Gasteiger partial charge in [-0.25, -0.2) is 9.97 Å². The lowest BCUT2D eigenvalue weighted by Crippen LogP contribution is -2.31. The highest BCUT2D eigenvalue weighted by atomic mass is 32.2. The van der Waals surface area contributed by atoms with Gasteiger partial charge in [-0.3, -0.25) is 9.59 Å². The molecule has 0 aliphatic carbocycles. The molecule has 0 saturated heterocycles. The topological polar surface area (TPSA) is 117 Å². The molecule has 10 heteroatoms. The van der Waals surface area contributed by atoms with E-state index >= 15 is 0 Å². The van der Waals surface area contributed by atoms with Gasteiger partial charge in [0.15, 0.2) is 5.82 Å². The fraction of sp³-hybridized carbons (Fsp3) is 0.391. The highest BCUT2D eigenvalue weighted by Crippen LogP contribution is 2.26. The second kappa shape index (κ2) is 12.1. The second-order valence-electron chi connectivity index (χ2n) is 7.41. The summed E-state index contributed by atoms with van der Waals surface area (Å²) in [6, 6.07) is 9.73. The molecular formula is C23H30N6O3S. The number of amides is 2. The van der Waals surface area contributed by atoms with Crippen LogP contribution in [0.2, 0.25) is 0 Å². The third-order valence-corrected chi connectivity index (χ3v) is 5.98. The van der Waals surface area contributed by atoms with E-state index in [1.165, 1.54) is 18.7 Å². The van der Waals surface area contributed by atoms with Crippen molar-refractivity contribution in [1.29, 1.82) is 0 Å². The molecule has 33 heavy (non-hydrogen) atoms. The summed E-state index contributed by atoms with van der Waals surface area (Å²) in [7, 11) is 0. The first kappa shape index (κ1) is 24.4. The van der Waals surface area contributed by atoms with Crippen LogP contribution in [-0.4, -0.2) is 60.3 Å². The van der Waals surface area contributed by atoms with E-state index in [2.05, 4.69) is 26.3 Å². The Bertz CT molecular complexity index is 1010. The number of ether oxygens (including phenoxy) is 1. The number of benzene rings is 1. The molecule has 0 atom stereocenters. The summed E-state index contributed by atoms with van der Waals surface area (Å²) in [6.07, 6.45) is 0. The van der Waals surface area contributed by atoms with Gasteiger partial charge in [0.25, 0.3) is 5.91 Å². The molecule has 0 fully saturated rings. The largest absolute Gasteiger partial charge is 0.496 e. The van der Waals surface area contributed by atoms with E-state index in [9.17, 15) is 9.59 Å². The molecule has 1 aliphatic rings. The molecule has 9 nitrogen and oxygen atoms in total. The minimum atomic E-state index is -0.122. The van der Waals surface area contributed by atoms with Crippen LogP contribution in [0.5, 0.6) is 0 Å². The Morgan fingerprint density at radius 2 is 1.61 bits per heavy atom. The molecular weight excluding hydrogens is 440 g/mol. The summed E-state index contributed by atoms with van der Waals surface area (Å²) in [4.78, 5) is 33.5. The lowest BCUT2D eigenvalue weighted by molar-refractivity contribution is -0.119. The predicted octanol–water partition coefficient (Wildman–Crippen LogP) is 2.52. The number of rotatable bonds is 10. The van der Waals surface area contributed by atoms with Crippen LogP contribution < -0.4 is 21.3 Å². The fourth-order valence-corrected chi connectivity index (χ4v) is 4.00. The van der Waals surface area contributed by atoms with E-state index in [1.807, 2.05) is 44.2 Å². The van der Waals surface area contributed by atoms with Crippen molar-refractivity contribution in [2.45, 2.75) is 20.8 Å². The van der Waals surface area contributed by atoms with E-state index in [0.29, 0.717) is 60.9 Å². The summed E-state index contributed by atoms with van der Waals surface area (Å²) >= 11 is 1.52. The summed E-state index contributed by atoms with van der Waals surface area (Å²) in [5.74, 6) is 3.22. The van der Waals surface area contributed by atoms with Crippen molar-refractivity contribution in [3.63, 3.8) is 0 Å². The van der Waals surface area contributed by atoms with E-state index in [4.69, 9.17) is 9.72 Å². The third-order valence-electron chi connectivity index (χ3n) is 4.85. The van der Waals surface area contributed by atoms with E-state index in [1.54, 1.807) is 0 Å². The SMILES string of the molecule is CC(=O)NCCNc1nc(-c2ccccc2)nc(NCCNC(=O)C2=C(C)OCCS2)c1C. The van der Waals surface area contributed by atoms with Crippen molar-refractivity contribution < 1.29 is 14.3 Å². The molecule has 0 bridgehead atoms. The van der Waals surface area contributed by atoms with Crippen LogP contribution in [0.15, 0.2) is 41.0 Å². The molecule has 0 radical (unpaired) electrons. The normalized spacial score (nSPS) is 13.2. The number of carbonyl (C=O) groups is 2. The average molecular weight is 471 g/mol. The fourth-order valence-electron chi connectivity index (χ4n) is 3.16. The number of anilines is 2. The van der Waals surface area contributed by atoms with Gasteiger partial charge in [0.2, 0.25) is 5.91 Å². The lowest BCUT2D eigenvalue weighted by atomic mass is 10.2. The molecule has 0 unspecified atom stereocenters. The van der Waals surface area contributed by atoms with E-state index in [-0.39, 0.29) is 11.8 Å². The quantitative estimate of drug-likeness (QED) is 0.392. The van der Waals surface area contributed by atoms with Crippen LogP contribution in [0.25, 0.3) is 11.4 Å². The van der Waals surface area contributed by atoms with E-state index in [0.717, 1.165) is 16.9 Å². The maximum Gasteiger partial charge on any atom is 0.261 e. The Morgan fingerprint density at radius 1 is 0.970 bits per heavy atom. The summed E-state index contributed by atoms with van der Waals surface area (Å²) in [5.41, 5.74) is 1.76. The monoisotopic (exact) mass is 470 g/mol. The molecule has 176 valence electrons. The molecule has 0 spiro atoms. The van der Waals surface area contributed by atoms with Crippen LogP contribution in [0.4, 0.5) is 11.6 Å². The highest BCUT2D eigenvalue weighted by molar-refractivity contribution is 8.04. The Balaban J connectivity index is 1.67. The summed E-state index contributed by atoms with van der Waals surface area (Å²) < 4.78 is 5.46. The number of nitrogens with one attached hydrogen (secondary N) is 4. The van der Waals surface area contributed by atoms with Crippen molar-refractivity contribution in [2.24, 2.45) is 0 Å². The first-order valence-corrected chi connectivity index (χ1v) is 11.8. The minimum Gasteiger partial charge on any atom is -0.496 e. The highest BCUT2D eigenvalue weighted by Gasteiger charge is 2.18. The maximum absolute atomic E-state index is 12.4. The molecule has 2 aromatic rings. The van der Waals surface area contributed by atoms with Gasteiger partial charge < -0.3 is 26.0 Å².